The van der Waals surface area contributed by atoms with Crippen molar-refractivity contribution >= 4 is 34.7 Å². The van der Waals surface area contributed by atoms with Gasteiger partial charge in [-0.2, -0.15) is 0 Å². The maximum Gasteiger partial charge on any atom is 0.295 e. The molecule has 4 rings (SSSR count). The lowest BCUT2D eigenvalue weighted by molar-refractivity contribution is -0.384. The molecular formula is C23H19ClN4O5. The smallest absolute Gasteiger partial charge is 0.295 e. The molecule has 168 valence electrons. The monoisotopic (exact) mass is 466 g/mol. The Hall–Kier alpha value is -3.98. The fourth-order valence-electron chi connectivity index (χ4n) is 3.87. The predicted octanol–water partition coefficient (Wildman–Crippen LogP) is 3.96. The lowest BCUT2D eigenvalue weighted by Crippen LogP contribution is -2.31. The molecule has 33 heavy (non-hydrogen) atoms. The summed E-state index contributed by atoms with van der Waals surface area (Å²) >= 11 is 5.92. The quantitative estimate of drug-likeness (QED) is 0.185. The first-order valence-corrected chi connectivity index (χ1v) is 10.5. The van der Waals surface area contributed by atoms with Crippen LogP contribution in [-0.2, 0) is 16.1 Å². The number of non-ortho nitro benzene ring substituents is 1. The lowest BCUT2D eigenvalue weighted by Gasteiger charge is -2.25. The fourth-order valence-corrected chi connectivity index (χ4v) is 4.00. The second kappa shape index (κ2) is 9.25. The van der Waals surface area contributed by atoms with E-state index in [1.165, 1.54) is 35.2 Å². The van der Waals surface area contributed by atoms with Crippen LogP contribution in [0.15, 0.2) is 72.8 Å². The van der Waals surface area contributed by atoms with Crippen molar-refractivity contribution in [2.24, 2.45) is 0 Å². The van der Waals surface area contributed by atoms with Crippen molar-refractivity contribution in [1.29, 1.82) is 0 Å². The van der Waals surface area contributed by atoms with Gasteiger partial charge in [0.25, 0.3) is 17.4 Å². The number of aromatic nitrogens is 2. The highest BCUT2D eigenvalue weighted by Gasteiger charge is 2.46. The van der Waals surface area contributed by atoms with Gasteiger partial charge in [0, 0.05) is 48.2 Å². The molecule has 0 bridgehead atoms. The maximum absolute atomic E-state index is 13.0. The van der Waals surface area contributed by atoms with Gasteiger partial charge >= 0.3 is 0 Å². The SMILES string of the molecule is O=C1C(=O)N(CCCn2ccnc2)C(c2cccc([N+](=O)[O-])c2)/C1=C(/O)c1ccc(Cl)cc1. The number of nitro benzene ring substituents is 1. The van der Waals surface area contributed by atoms with Crippen molar-refractivity contribution in [3.05, 3.63) is 99.1 Å². The third-order valence-corrected chi connectivity index (χ3v) is 5.68. The van der Waals surface area contributed by atoms with E-state index in [2.05, 4.69) is 4.98 Å². The summed E-state index contributed by atoms with van der Waals surface area (Å²) in [6.45, 7) is 0.759. The van der Waals surface area contributed by atoms with Crippen molar-refractivity contribution in [3.8, 4) is 0 Å². The van der Waals surface area contributed by atoms with Gasteiger partial charge in [-0.15, -0.1) is 0 Å². The number of carbonyl (C=O) groups is 2. The number of aliphatic hydroxyl groups is 1. The summed E-state index contributed by atoms with van der Waals surface area (Å²) in [5.41, 5.74) is 0.376. The molecule has 10 heteroatoms. The van der Waals surface area contributed by atoms with Crippen LogP contribution < -0.4 is 0 Å². The highest BCUT2D eigenvalue weighted by molar-refractivity contribution is 6.46. The number of imidazole rings is 1. The number of carbonyl (C=O) groups excluding carboxylic acids is 2. The second-order valence-corrected chi connectivity index (χ2v) is 7.94. The molecule has 1 saturated heterocycles. The van der Waals surface area contributed by atoms with Crippen LogP contribution in [0, 0.1) is 10.1 Å². The van der Waals surface area contributed by atoms with Crippen LogP contribution in [-0.4, -0.2) is 42.7 Å². The number of rotatable bonds is 7. The zero-order valence-electron chi connectivity index (χ0n) is 17.3. The van der Waals surface area contributed by atoms with Gasteiger partial charge in [0.15, 0.2) is 0 Å². The Balaban J connectivity index is 1.76. The minimum atomic E-state index is -0.969. The number of nitro groups is 1. The average Bonchev–Trinajstić information content (AvgIpc) is 3.41. The molecule has 1 unspecified atom stereocenters. The molecule has 0 saturated carbocycles. The van der Waals surface area contributed by atoms with E-state index >= 15 is 0 Å². The van der Waals surface area contributed by atoms with Gasteiger partial charge in [-0.25, -0.2) is 4.98 Å². The van der Waals surface area contributed by atoms with Crippen molar-refractivity contribution in [2.75, 3.05) is 6.54 Å². The highest BCUT2D eigenvalue weighted by Crippen LogP contribution is 2.40. The first-order valence-electron chi connectivity index (χ1n) is 10.1. The molecule has 1 amide bonds. The molecule has 2 aromatic carbocycles. The molecule has 1 fully saturated rings. The third-order valence-electron chi connectivity index (χ3n) is 5.43. The number of halogens is 1. The number of nitrogens with zero attached hydrogens (tertiary/aromatic N) is 4. The summed E-state index contributed by atoms with van der Waals surface area (Å²) in [6, 6.07) is 10.9. The first-order chi connectivity index (χ1) is 15.9. The average molecular weight is 467 g/mol. The van der Waals surface area contributed by atoms with E-state index in [4.69, 9.17) is 11.6 Å². The summed E-state index contributed by atoms with van der Waals surface area (Å²) in [7, 11) is 0. The van der Waals surface area contributed by atoms with Crippen molar-refractivity contribution in [2.45, 2.75) is 19.0 Å². The summed E-state index contributed by atoms with van der Waals surface area (Å²) in [6.07, 6.45) is 5.58. The van der Waals surface area contributed by atoms with Crippen LogP contribution in [0.2, 0.25) is 5.02 Å². The Bertz CT molecular complexity index is 1240. The number of benzene rings is 2. The number of ketones is 1. The largest absolute Gasteiger partial charge is 0.507 e. The molecule has 9 nitrogen and oxygen atoms in total. The van der Waals surface area contributed by atoms with Crippen molar-refractivity contribution in [3.63, 3.8) is 0 Å². The predicted molar refractivity (Wildman–Crippen MR) is 120 cm³/mol. The number of Topliss-reactive ketones (excluding diaryl/α,β-unsaturated/α-hetero) is 1. The van der Waals surface area contributed by atoms with Crippen LogP contribution in [0.5, 0.6) is 0 Å². The molecule has 1 aliphatic rings. The van der Waals surface area contributed by atoms with Gasteiger partial charge in [0.2, 0.25) is 0 Å². The van der Waals surface area contributed by atoms with Crippen LogP contribution in [0.4, 0.5) is 5.69 Å². The molecule has 3 aromatic rings. The topological polar surface area (TPSA) is 119 Å². The number of hydrogen-bond acceptors (Lipinski definition) is 6. The van der Waals surface area contributed by atoms with E-state index in [0.29, 0.717) is 29.1 Å². The van der Waals surface area contributed by atoms with E-state index in [1.54, 1.807) is 36.9 Å². The fraction of sp³-hybridized carbons (Fsp3) is 0.174. The number of likely N-dealkylation sites (tertiary alicyclic amines) is 1. The van der Waals surface area contributed by atoms with E-state index in [0.717, 1.165) is 0 Å². The maximum atomic E-state index is 13.0. The Morgan fingerprint density at radius 3 is 2.58 bits per heavy atom. The Morgan fingerprint density at radius 2 is 1.91 bits per heavy atom. The van der Waals surface area contributed by atoms with E-state index in [9.17, 15) is 24.8 Å². The van der Waals surface area contributed by atoms with Gasteiger partial charge in [0.05, 0.1) is 22.9 Å². The van der Waals surface area contributed by atoms with Crippen LogP contribution in [0.25, 0.3) is 5.76 Å². The first kappa shape index (κ1) is 22.2. The molecule has 0 aliphatic carbocycles. The molecule has 0 spiro atoms. The highest BCUT2D eigenvalue weighted by atomic mass is 35.5. The molecule has 1 aromatic heterocycles. The molecule has 2 heterocycles. The van der Waals surface area contributed by atoms with E-state index in [1.807, 2.05) is 4.57 Å². The summed E-state index contributed by atoms with van der Waals surface area (Å²) in [5, 5.41) is 22.8. The number of hydrogen-bond donors (Lipinski definition) is 1. The number of aliphatic hydroxyl groups excluding tert-OH is 1. The molecule has 1 aliphatic heterocycles. The summed E-state index contributed by atoms with van der Waals surface area (Å²) in [5.74, 6) is -1.98. The summed E-state index contributed by atoms with van der Waals surface area (Å²) < 4.78 is 1.84. The molecule has 1 N–H and O–H groups in total. The number of amides is 1. The zero-order chi connectivity index (χ0) is 23.5. The van der Waals surface area contributed by atoms with E-state index in [-0.39, 0.29) is 23.6 Å². The van der Waals surface area contributed by atoms with Gasteiger partial charge in [-0.3, -0.25) is 19.7 Å². The van der Waals surface area contributed by atoms with Crippen molar-refractivity contribution in [1.82, 2.24) is 14.5 Å². The van der Waals surface area contributed by atoms with Gasteiger partial charge in [-0.1, -0.05) is 23.7 Å². The van der Waals surface area contributed by atoms with Crippen LogP contribution in [0.1, 0.15) is 23.6 Å². The van der Waals surface area contributed by atoms with Gasteiger partial charge in [-0.05, 0) is 36.2 Å². The number of aryl methyl sites for hydroxylation is 1. The minimum absolute atomic E-state index is 0.120. The molecular weight excluding hydrogens is 448 g/mol. The molecule has 1 atom stereocenters. The minimum Gasteiger partial charge on any atom is -0.507 e. The Labute approximate surface area is 193 Å². The summed E-state index contributed by atoms with van der Waals surface area (Å²) in [4.78, 5) is 42.1. The zero-order valence-corrected chi connectivity index (χ0v) is 18.1. The Morgan fingerprint density at radius 1 is 1.15 bits per heavy atom. The lowest BCUT2D eigenvalue weighted by atomic mass is 9.95. The van der Waals surface area contributed by atoms with Crippen molar-refractivity contribution < 1.29 is 19.6 Å². The Kier molecular flexibility index (Phi) is 6.23. The van der Waals surface area contributed by atoms with Gasteiger partial charge < -0.3 is 14.6 Å². The second-order valence-electron chi connectivity index (χ2n) is 7.51. The van der Waals surface area contributed by atoms with Crippen LogP contribution in [0.3, 0.4) is 0 Å². The third kappa shape index (κ3) is 4.49. The van der Waals surface area contributed by atoms with Crippen LogP contribution >= 0.6 is 11.6 Å². The normalized spacial score (nSPS) is 17.5. The molecule has 0 radical (unpaired) electrons. The van der Waals surface area contributed by atoms with Gasteiger partial charge in [0.1, 0.15) is 5.76 Å². The van der Waals surface area contributed by atoms with E-state index < -0.39 is 22.7 Å². The standard InChI is InChI=1S/C23H19ClN4O5/c24-17-7-5-15(6-8-17)21(29)19-20(16-3-1-4-18(13-16)28(32)33)27(23(31)22(19)30)11-2-10-26-12-9-25-14-26/h1,3-9,12-14,20,29H,2,10-11H2/b21-19-.